The summed E-state index contributed by atoms with van der Waals surface area (Å²) in [7, 11) is 1.56. The first-order chi connectivity index (χ1) is 19.4. The number of aromatic nitrogens is 1. The van der Waals surface area contributed by atoms with E-state index >= 15 is 0 Å². The minimum atomic E-state index is -0.767. The van der Waals surface area contributed by atoms with Crippen LogP contribution >= 0.6 is 0 Å². The molecule has 6 rings (SSSR count). The van der Waals surface area contributed by atoms with E-state index < -0.39 is 11.9 Å². The monoisotopic (exact) mass is 532 g/mol. The molecule has 7 heteroatoms. The third-order valence-corrected chi connectivity index (χ3v) is 7.37. The molecule has 0 bridgehead atoms. The summed E-state index contributed by atoms with van der Waals surface area (Å²) in [5.41, 5.74) is 5.03. The minimum absolute atomic E-state index is 0.0245. The number of benzene rings is 3. The SMILES string of the molecule is COc1cc(C2c3c(oc4cc(C)c(C)cc4c3=O)C(=O)N2c2ccc(C)cn2)ccc1OCc1ccccc1. The Morgan fingerprint density at radius 3 is 2.40 bits per heavy atom. The lowest BCUT2D eigenvalue weighted by atomic mass is 9.97. The number of fused-ring (bicyclic) bond motifs is 2. The summed E-state index contributed by atoms with van der Waals surface area (Å²) in [5.74, 6) is 1.07. The normalized spacial score (nSPS) is 14.4. The van der Waals surface area contributed by atoms with Gasteiger partial charge in [0.15, 0.2) is 16.9 Å². The summed E-state index contributed by atoms with van der Waals surface area (Å²) in [5, 5.41) is 0.438. The topological polar surface area (TPSA) is 81.9 Å². The average molecular weight is 533 g/mol. The van der Waals surface area contributed by atoms with Crippen LogP contribution in [-0.4, -0.2) is 18.0 Å². The molecule has 2 aromatic heterocycles. The molecule has 40 heavy (non-hydrogen) atoms. The number of pyridine rings is 1. The van der Waals surface area contributed by atoms with Crippen LogP contribution in [-0.2, 0) is 6.61 Å². The van der Waals surface area contributed by atoms with Crippen molar-refractivity contribution in [2.45, 2.75) is 33.4 Å². The van der Waals surface area contributed by atoms with Gasteiger partial charge in [-0.15, -0.1) is 0 Å². The van der Waals surface area contributed by atoms with Crippen LogP contribution in [0.25, 0.3) is 11.0 Å². The van der Waals surface area contributed by atoms with Gasteiger partial charge in [-0.05, 0) is 78.9 Å². The molecule has 7 nitrogen and oxygen atoms in total. The number of anilines is 1. The van der Waals surface area contributed by atoms with Gasteiger partial charge in [0, 0.05) is 6.20 Å². The van der Waals surface area contributed by atoms with Crippen LogP contribution in [0.15, 0.2) is 88.2 Å². The quantitative estimate of drug-likeness (QED) is 0.250. The van der Waals surface area contributed by atoms with Crippen LogP contribution in [0.3, 0.4) is 0 Å². The van der Waals surface area contributed by atoms with Crippen LogP contribution in [0, 0.1) is 20.8 Å². The average Bonchev–Trinajstić information content (AvgIpc) is 3.26. The fraction of sp³-hybridized carbons (Fsp3) is 0.182. The largest absolute Gasteiger partial charge is 0.493 e. The molecule has 0 fully saturated rings. The second-order valence-corrected chi connectivity index (χ2v) is 10.1. The maximum absolute atomic E-state index is 14.0. The van der Waals surface area contributed by atoms with Gasteiger partial charge in [0.1, 0.15) is 18.0 Å². The smallest absolute Gasteiger partial charge is 0.296 e. The molecular weight excluding hydrogens is 504 g/mol. The van der Waals surface area contributed by atoms with Crippen molar-refractivity contribution >= 4 is 22.7 Å². The maximum Gasteiger partial charge on any atom is 0.296 e. The summed E-state index contributed by atoms with van der Waals surface area (Å²) >= 11 is 0. The van der Waals surface area contributed by atoms with Crippen LogP contribution < -0.4 is 19.8 Å². The van der Waals surface area contributed by atoms with E-state index in [1.165, 1.54) is 4.90 Å². The van der Waals surface area contributed by atoms with Crippen molar-refractivity contribution in [3.63, 3.8) is 0 Å². The first-order valence-corrected chi connectivity index (χ1v) is 13.0. The van der Waals surface area contributed by atoms with Crippen LogP contribution in [0.2, 0.25) is 0 Å². The third-order valence-electron chi connectivity index (χ3n) is 7.37. The lowest BCUT2D eigenvalue weighted by Crippen LogP contribution is -2.30. The van der Waals surface area contributed by atoms with Gasteiger partial charge >= 0.3 is 0 Å². The second-order valence-electron chi connectivity index (χ2n) is 10.1. The van der Waals surface area contributed by atoms with Crippen molar-refractivity contribution in [3.8, 4) is 11.5 Å². The van der Waals surface area contributed by atoms with Crippen molar-refractivity contribution in [2.24, 2.45) is 0 Å². The molecule has 0 radical (unpaired) electrons. The first kappa shape index (κ1) is 25.4. The third kappa shape index (κ3) is 4.29. The Morgan fingerprint density at radius 2 is 1.68 bits per heavy atom. The Bertz CT molecular complexity index is 1810. The molecule has 1 amide bonds. The molecule has 1 atom stereocenters. The molecule has 0 N–H and O–H groups in total. The second kappa shape index (κ2) is 10.0. The Labute approximate surface area is 231 Å². The highest BCUT2D eigenvalue weighted by atomic mass is 16.5. The van der Waals surface area contributed by atoms with E-state index in [-0.39, 0.29) is 16.8 Å². The molecule has 3 heterocycles. The van der Waals surface area contributed by atoms with E-state index in [9.17, 15) is 9.59 Å². The Hall–Kier alpha value is -4.91. The van der Waals surface area contributed by atoms with Crippen LogP contribution in [0.5, 0.6) is 11.5 Å². The van der Waals surface area contributed by atoms with E-state index in [1.807, 2.05) is 75.4 Å². The van der Waals surface area contributed by atoms with Crippen molar-refractivity contribution in [1.82, 2.24) is 4.98 Å². The standard InChI is InChI=1S/C33H28N2O5/c1-19-10-13-28(34-17-19)35-30(23-11-12-25(27(16-23)38-4)39-18-22-8-6-5-7-9-22)29-31(36)24-14-20(2)21(3)15-26(24)40-32(29)33(35)37/h5-17,30H,18H2,1-4H3. The number of carbonyl (C=O) groups is 1. The first-order valence-electron chi connectivity index (χ1n) is 13.0. The van der Waals surface area contributed by atoms with Gasteiger partial charge in [-0.3, -0.25) is 14.5 Å². The van der Waals surface area contributed by atoms with E-state index in [0.717, 1.165) is 22.3 Å². The van der Waals surface area contributed by atoms with Gasteiger partial charge in [0.05, 0.1) is 24.1 Å². The Balaban J connectivity index is 1.50. The van der Waals surface area contributed by atoms with Gasteiger partial charge in [0.2, 0.25) is 5.76 Å². The van der Waals surface area contributed by atoms with Gasteiger partial charge < -0.3 is 13.9 Å². The number of aryl methyl sites for hydroxylation is 3. The highest BCUT2D eigenvalue weighted by Gasteiger charge is 2.44. The minimum Gasteiger partial charge on any atom is -0.493 e. The van der Waals surface area contributed by atoms with Gasteiger partial charge in [-0.25, -0.2) is 4.98 Å². The number of rotatable bonds is 6. The van der Waals surface area contributed by atoms with Crippen molar-refractivity contribution in [3.05, 3.63) is 128 Å². The molecule has 0 aliphatic carbocycles. The molecular formula is C33H28N2O5. The number of ether oxygens (including phenoxy) is 2. The molecule has 1 unspecified atom stereocenters. The number of nitrogens with zero attached hydrogens (tertiary/aromatic N) is 2. The number of amides is 1. The summed E-state index contributed by atoms with van der Waals surface area (Å²) in [6.45, 7) is 6.19. The zero-order valence-corrected chi connectivity index (χ0v) is 22.7. The fourth-order valence-corrected chi connectivity index (χ4v) is 5.09. The lowest BCUT2D eigenvalue weighted by molar-refractivity contribution is 0.0970. The molecule has 5 aromatic rings. The lowest BCUT2D eigenvalue weighted by Gasteiger charge is -2.25. The van der Waals surface area contributed by atoms with Crippen LogP contribution in [0.1, 0.15) is 50.0 Å². The summed E-state index contributed by atoms with van der Waals surface area (Å²) in [4.78, 5) is 33.9. The Kier molecular flexibility index (Phi) is 6.34. The number of hydrogen-bond acceptors (Lipinski definition) is 6. The molecule has 3 aromatic carbocycles. The van der Waals surface area contributed by atoms with Crippen LogP contribution in [0.4, 0.5) is 5.82 Å². The zero-order valence-electron chi connectivity index (χ0n) is 22.7. The summed E-state index contributed by atoms with van der Waals surface area (Å²) in [6.07, 6.45) is 1.70. The highest BCUT2D eigenvalue weighted by molar-refractivity contribution is 6.10. The number of methoxy groups -OCH3 is 1. The predicted octanol–water partition coefficient (Wildman–Crippen LogP) is 6.45. The highest BCUT2D eigenvalue weighted by Crippen LogP contribution is 2.43. The van der Waals surface area contributed by atoms with Crippen molar-refractivity contribution < 1.29 is 18.7 Å². The van der Waals surface area contributed by atoms with Gasteiger partial charge in [-0.2, -0.15) is 0 Å². The number of hydrogen-bond donors (Lipinski definition) is 0. The summed E-state index contributed by atoms with van der Waals surface area (Å²) < 4.78 is 17.9. The van der Waals surface area contributed by atoms with Gasteiger partial charge in [0.25, 0.3) is 5.91 Å². The Morgan fingerprint density at radius 1 is 0.900 bits per heavy atom. The summed E-state index contributed by atoms with van der Waals surface area (Å²) in [6, 6.07) is 21.8. The molecule has 1 aliphatic rings. The molecule has 0 saturated heterocycles. The van der Waals surface area contributed by atoms with Crippen molar-refractivity contribution in [1.29, 1.82) is 0 Å². The zero-order chi connectivity index (χ0) is 28.0. The van der Waals surface area contributed by atoms with E-state index in [0.29, 0.717) is 40.5 Å². The van der Waals surface area contributed by atoms with Gasteiger partial charge in [-0.1, -0.05) is 42.5 Å². The number of carbonyl (C=O) groups excluding carboxylic acids is 1. The maximum atomic E-state index is 14.0. The molecule has 200 valence electrons. The fourth-order valence-electron chi connectivity index (χ4n) is 5.09. The van der Waals surface area contributed by atoms with E-state index in [4.69, 9.17) is 13.9 Å². The predicted molar refractivity (Wildman–Crippen MR) is 153 cm³/mol. The van der Waals surface area contributed by atoms with Crippen molar-refractivity contribution in [2.75, 3.05) is 12.0 Å². The van der Waals surface area contributed by atoms with E-state index in [2.05, 4.69) is 4.98 Å². The van der Waals surface area contributed by atoms with E-state index in [1.54, 1.807) is 31.5 Å². The molecule has 0 saturated carbocycles. The molecule has 1 aliphatic heterocycles. The molecule has 0 spiro atoms.